The van der Waals surface area contributed by atoms with Gasteiger partial charge >= 0.3 is 0 Å². The molecule has 0 atom stereocenters. The summed E-state index contributed by atoms with van der Waals surface area (Å²) in [4.78, 5) is 25.1. The Bertz CT molecular complexity index is 1110. The molecule has 0 spiro atoms. The van der Waals surface area contributed by atoms with Crippen LogP contribution in [-0.4, -0.2) is 23.8 Å². The maximum absolute atomic E-state index is 12.7. The third-order valence-corrected chi connectivity index (χ3v) is 4.91. The second kappa shape index (κ2) is 9.34. The van der Waals surface area contributed by atoms with Crippen molar-refractivity contribution in [2.45, 2.75) is 13.5 Å². The molecule has 6 nitrogen and oxygen atoms in total. The molecule has 0 fully saturated rings. The van der Waals surface area contributed by atoms with Crippen molar-refractivity contribution in [2.75, 3.05) is 7.11 Å². The average molecular weight is 454 g/mol. The van der Waals surface area contributed by atoms with Crippen molar-refractivity contribution in [3.8, 4) is 5.75 Å². The molecule has 0 saturated carbocycles. The maximum Gasteiger partial charge on any atom is 0.276 e. The molecule has 29 heavy (non-hydrogen) atoms. The number of aryl methyl sites for hydroxylation is 1. The molecule has 7 heteroatoms. The molecule has 148 valence electrons. The van der Waals surface area contributed by atoms with E-state index in [1.54, 1.807) is 31.5 Å². The first-order valence-corrected chi connectivity index (χ1v) is 9.69. The predicted molar refractivity (Wildman–Crippen MR) is 117 cm³/mol. The van der Waals surface area contributed by atoms with Crippen molar-refractivity contribution in [2.24, 2.45) is 5.10 Å². The summed E-state index contributed by atoms with van der Waals surface area (Å²) in [5, 5.41) is 3.94. The summed E-state index contributed by atoms with van der Waals surface area (Å²) in [5.74, 6) is 0.140. The molecule has 0 saturated heterocycles. The van der Waals surface area contributed by atoms with Crippen LogP contribution < -0.4 is 15.7 Å². The summed E-state index contributed by atoms with van der Waals surface area (Å²) < 4.78 is 7.45. The third kappa shape index (κ3) is 5.20. The molecule has 1 aromatic heterocycles. The van der Waals surface area contributed by atoms with Crippen molar-refractivity contribution >= 4 is 28.1 Å². The molecule has 0 aliphatic heterocycles. The van der Waals surface area contributed by atoms with E-state index in [0.29, 0.717) is 12.3 Å². The van der Waals surface area contributed by atoms with E-state index in [4.69, 9.17) is 4.74 Å². The van der Waals surface area contributed by atoms with Crippen LogP contribution in [0.3, 0.4) is 0 Å². The lowest BCUT2D eigenvalue weighted by Crippen LogP contribution is -2.30. The van der Waals surface area contributed by atoms with Gasteiger partial charge in [0.25, 0.3) is 11.5 Å². The van der Waals surface area contributed by atoms with E-state index in [9.17, 15) is 9.59 Å². The molecule has 2 aromatic carbocycles. The molecule has 0 bridgehead atoms. The largest absolute Gasteiger partial charge is 0.496 e. The Morgan fingerprint density at radius 1 is 1.21 bits per heavy atom. The number of halogens is 1. The molecule has 0 radical (unpaired) electrons. The maximum atomic E-state index is 12.7. The number of hydrogen-bond acceptors (Lipinski definition) is 4. The summed E-state index contributed by atoms with van der Waals surface area (Å²) in [6, 6.07) is 16.5. The van der Waals surface area contributed by atoms with Gasteiger partial charge in [-0.1, -0.05) is 29.8 Å². The van der Waals surface area contributed by atoms with Gasteiger partial charge in [0, 0.05) is 6.20 Å². The summed E-state index contributed by atoms with van der Waals surface area (Å²) in [5.41, 5.74) is 4.97. The van der Waals surface area contributed by atoms with Crippen LogP contribution in [0.2, 0.25) is 0 Å². The first-order chi connectivity index (χ1) is 14.0. The highest BCUT2D eigenvalue weighted by Crippen LogP contribution is 2.24. The van der Waals surface area contributed by atoms with Crippen LogP contribution in [0.5, 0.6) is 5.75 Å². The lowest BCUT2D eigenvalue weighted by molar-refractivity contribution is 0.0953. The second-order valence-corrected chi connectivity index (χ2v) is 7.29. The fraction of sp³-hybridized carbons (Fsp3) is 0.136. The Labute approximate surface area is 177 Å². The highest BCUT2D eigenvalue weighted by Gasteiger charge is 2.11. The van der Waals surface area contributed by atoms with E-state index < -0.39 is 5.91 Å². The number of carbonyl (C=O) groups excluding carboxylic acids is 1. The average Bonchev–Trinajstić information content (AvgIpc) is 2.71. The Balaban J connectivity index is 1.71. The summed E-state index contributed by atoms with van der Waals surface area (Å²) in [7, 11) is 1.58. The van der Waals surface area contributed by atoms with Crippen LogP contribution in [0.15, 0.2) is 75.2 Å². The number of nitrogens with one attached hydrogen (secondary N) is 1. The first-order valence-electron chi connectivity index (χ1n) is 8.90. The van der Waals surface area contributed by atoms with Crippen LogP contribution in [0.1, 0.15) is 27.0 Å². The van der Waals surface area contributed by atoms with Crippen LogP contribution in [0.4, 0.5) is 0 Å². The lowest BCUT2D eigenvalue weighted by atomic mass is 10.1. The van der Waals surface area contributed by atoms with Gasteiger partial charge in [0.1, 0.15) is 11.3 Å². The normalized spacial score (nSPS) is 10.9. The number of aromatic nitrogens is 1. The number of ether oxygens (including phenoxy) is 1. The van der Waals surface area contributed by atoms with Crippen LogP contribution in [-0.2, 0) is 6.54 Å². The Morgan fingerprint density at radius 2 is 1.97 bits per heavy atom. The number of carbonyl (C=O) groups is 1. The van der Waals surface area contributed by atoms with Gasteiger partial charge in [0.2, 0.25) is 0 Å². The molecule has 1 N–H and O–H groups in total. The molecule has 3 aromatic rings. The quantitative estimate of drug-likeness (QED) is 0.456. The van der Waals surface area contributed by atoms with E-state index in [0.717, 1.165) is 21.2 Å². The Kier molecular flexibility index (Phi) is 6.61. The zero-order valence-corrected chi connectivity index (χ0v) is 17.6. The number of amides is 1. The van der Waals surface area contributed by atoms with E-state index in [2.05, 4.69) is 26.5 Å². The fourth-order valence-electron chi connectivity index (χ4n) is 2.71. The molecule has 0 unspecified atom stereocenters. The van der Waals surface area contributed by atoms with E-state index >= 15 is 0 Å². The standard InChI is InChI=1S/C22H20BrN3O3/c1-15-5-7-16(8-6-15)14-26-11-3-4-18(22(26)28)21(27)25-24-13-17-9-10-20(29-2)19(23)12-17/h3-13H,14H2,1-2H3,(H,25,27)/b24-13-. The highest BCUT2D eigenvalue weighted by molar-refractivity contribution is 9.10. The minimum absolute atomic E-state index is 0.0349. The molecule has 0 aliphatic carbocycles. The number of nitrogens with zero attached hydrogens (tertiary/aromatic N) is 2. The van der Waals surface area contributed by atoms with Crippen LogP contribution in [0.25, 0.3) is 0 Å². The molecule has 1 heterocycles. The monoisotopic (exact) mass is 453 g/mol. The Morgan fingerprint density at radius 3 is 2.66 bits per heavy atom. The number of pyridine rings is 1. The van der Waals surface area contributed by atoms with E-state index in [1.165, 1.54) is 16.8 Å². The SMILES string of the molecule is COc1ccc(/C=N\NC(=O)c2cccn(Cc3ccc(C)cc3)c2=O)cc1Br. The van der Waals surface area contributed by atoms with E-state index in [1.807, 2.05) is 37.3 Å². The summed E-state index contributed by atoms with van der Waals surface area (Å²) >= 11 is 3.40. The lowest BCUT2D eigenvalue weighted by Gasteiger charge is -2.08. The van der Waals surface area contributed by atoms with Gasteiger partial charge in [-0.2, -0.15) is 5.10 Å². The number of benzene rings is 2. The van der Waals surface area contributed by atoms with Gasteiger partial charge in [-0.25, -0.2) is 5.43 Å². The van der Waals surface area contributed by atoms with Gasteiger partial charge in [0.05, 0.1) is 24.3 Å². The van der Waals surface area contributed by atoms with Gasteiger partial charge in [0.15, 0.2) is 0 Å². The topological polar surface area (TPSA) is 72.7 Å². The van der Waals surface area contributed by atoms with Crippen LogP contribution >= 0.6 is 15.9 Å². The molecular formula is C22H20BrN3O3. The molecule has 1 amide bonds. The molecule has 3 rings (SSSR count). The van der Waals surface area contributed by atoms with Crippen molar-refractivity contribution in [1.29, 1.82) is 0 Å². The van der Waals surface area contributed by atoms with Gasteiger partial charge < -0.3 is 9.30 Å². The van der Waals surface area contributed by atoms with Crippen molar-refractivity contribution in [3.63, 3.8) is 0 Å². The zero-order chi connectivity index (χ0) is 20.8. The minimum Gasteiger partial charge on any atom is -0.496 e. The number of rotatable bonds is 6. The van der Waals surface area contributed by atoms with Gasteiger partial charge in [-0.15, -0.1) is 0 Å². The van der Waals surface area contributed by atoms with Gasteiger partial charge in [-0.05, 0) is 64.3 Å². The number of methoxy groups -OCH3 is 1. The van der Waals surface area contributed by atoms with Crippen molar-refractivity contribution < 1.29 is 9.53 Å². The highest BCUT2D eigenvalue weighted by atomic mass is 79.9. The predicted octanol–water partition coefficient (Wildman–Crippen LogP) is 3.74. The zero-order valence-electron chi connectivity index (χ0n) is 16.1. The number of hydrazone groups is 1. The van der Waals surface area contributed by atoms with Gasteiger partial charge in [-0.3, -0.25) is 9.59 Å². The third-order valence-electron chi connectivity index (χ3n) is 4.29. The molecule has 0 aliphatic rings. The van der Waals surface area contributed by atoms with Crippen molar-refractivity contribution in [1.82, 2.24) is 9.99 Å². The fourth-order valence-corrected chi connectivity index (χ4v) is 3.27. The van der Waals surface area contributed by atoms with Crippen LogP contribution in [0, 0.1) is 6.92 Å². The summed E-state index contributed by atoms with van der Waals surface area (Å²) in [6.45, 7) is 2.40. The minimum atomic E-state index is -0.558. The smallest absolute Gasteiger partial charge is 0.276 e. The molecular weight excluding hydrogens is 434 g/mol. The summed E-state index contributed by atoms with van der Waals surface area (Å²) in [6.07, 6.45) is 3.16. The van der Waals surface area contributed by atoms with E-state index in [-0.39, 0.29) is 11.1 Å². The first kappa shape index (κ1) is 20.5. The second-order valence-electron chi connectivity index (χ2n) is 6.43. The van der Waals surface area contributed by atoms with Crippen molar-refractivity contribution in [3.05, 3.63) is 97.9 Å². The number of hydrogen-bond donors (Lipinski definition) is 1. The Hall–Kier alpha value is -3.19.